The summed E-state index contributed by atoms with van der Waals surface area (Å²) in [5.41, 5.74) is 11.2. The highest BCUT2D eigenvalue weighted by molar-refractivity contribution is 6.28. The van der Waals surface area contributed by atoms with Gasteiger partial charge in [-0.3, -0.25) is 9.59 Å². The molecule has 1 fully saturated rings. The first-order chi connectivity index (χ1) is 7.99. The molecule has 0 aliphatic carbocycles. The van der Waals surface area contributed by atoms with Crippen LogP contribution in [0, 0.1) is 5.92 Å². The number of anilines is 2. The van der Waals surface area contributed by atoms with Crippen molar-refractivity contribution < 1.29 is 9.59 Å². The third-order valence-electron chi connectivity index (χ3n) is 2.59. The number of primary amides is 1. The van der Waals surface area contributed by atoms with Crippen LogP contribution in [0.2, 0.25) is 5.28 Å². The molecule has 2 rings (SSSR count). The van der Waals surface area contributed by atoms with Crippen LogP contribution in [0.25, 0.3) is 0 Å². The quantitative estimate of drug-likeness (QED) is 0.695. The Morgan fingerprint density at radius 2 is 2.29 bits per heavy atom. The minimum absolute atomic E-state index is 0.00403. The van der Waals surface area contributed by atoms with Crippen molar-refractivity contribution in [1.82, 2.24) is 9.97 Å². The highest BCUT2D eigenvalue weighted by Crippen LogP contribution is 2.28. The zero-order chi connectivity index (χ0) is 12.6. The first kappa shape index (κ1) is 11.6. The maximum Gasteiger partial charge on any atom is 0.228 e. The summed E-state index contributed by atoms with van der Waals surface area (Å²) in [6.45, 7) is 0.198. The van der Waals surface area contributed by atoms with Gasteiger partial charge < -0.3 is 16.4 Å². The second-order valence-electron chi connectivity index (χ2n) is 3.72. The van der Waals surface area contributed by atoms with Crippen molar-refractivity contribution in [1.29, 1.82) is 0 Å². The van der Waals surface area contributed by atoms with Gasteiger partial charge in [0.1, 0.15) is 5.69 Å². The standard InChI is InChI=1S/C9H10ClN5O2/c10-9-13-2-5(7(11)14-9)15-3-4(8(12)17)1-6(15)16/h2,4H,1,3H2,(H2,12,17)(H2,11,13,14). The minimum atomic E-state index is -0.505. The minimum Gasteiger partial charge on any atom is -0.382 e. The molecule has 1 aliphatic heterocycles. The molecule has 1 saturated heterocycles. The molecular weight excluding hydrogens is 246 g/mol. The lowest BCUT2D eigenvalue weighted by atomic mass is 10.1. The molecule has 17 heavy (non-hydrogen) atoms. The van der Waals surface area contributed by atoms with Gasteiger partial charge in [-0.15, -0.1) is 0 Å². The molecule has 0 spiro atoms. The lowest BCUT2D eigenvalue weighted by molar-refractivity contribution is -0.123. The van der Waals surface area contributed by atoms with E-state index in [1.165, 1.54) is 11.1 Å². The predicted octanol–water partition coefficient (Wildman–Crippen LogP) is -0.450. The summed E-state index contributed by atoms with van der Waals surface area (Å²) in [7, 11) is 0. The van der Waals surface area contributed by atoms with E-state index in [2.05, 4.69) is 9.97 Å². The topological polar surface area (TPSA) is 115 Å². The summed E-state index contributed by atoms with van der Waals surface area (Å²) >= 11 is 5.56. The first-order valence-corrected chi connectivity index (χ1v) is 5.24. The average Bonchev–Trinajstić information content (AvgIpc) is 2.61. The second kappa shape index (κ2) is 4.17. The van der Waals surface area contributed by atoms with E-state index >= 15 is 0 Å². The molecule has 0 saturated carbocycles. The molecule has 1 aliphatic rings. The Kier molecular flexibility index (Phi) is 2.84. The van der Waals surface area contributed by atoms with E-state index < -0.39 is 11.8 Å². The van der Waals surface area contributed by atoms with Crippen molar-refractivity contribution >= 4 is 34.9 Å². The van der Waals surface area contributed by atoms with Crippen molar-refractivity contribution in [2.45, 2.75) is 6.42 Å². The van der Waals surface area contributed by atoms with Crippen LogP contribution in [0.1, 0.15) is 6.42 Å². The number of carbonyl (C=O) groups is 2. The maximum absolute atomic E-state index is 11.7. The Bertz CT molecular complexity index is 492. The Balaban J connectivity index is 2.29. The van der Waals surface area contributed by atoms with Gasteiger partial charge in [0.05, 0.1) is 12.1 Å². The van der Waals surface area contributed by atoms with Gasteiger partial charge in [0.25, 0.3) is 0 Å². The number of nitrogens with zero attached hydrogens (tertiary/aromatic N) is 3. The van der Waals surface area contributed by atoms with Crippen molar-refractivity contribution in [3.05, 3.63) is 11.5 Å². The van der Waals surface area contributed by atoms with Crippen LogP contribution < -0.4 is 16.4 Å². The van der Waals surface area contributed by atoms with E-state index in [-0.39, 0.29) is 30.0 Å². The third kappa shape index (κ3) is 2.14. The number of rotatable bonds is 2. The monoisotopic (exact) mass is 255 g/mol. The van der Waals surface area contributed by atoms with Gasteiger partial charge in [0.15, 0.2) is 5.82 Å². The van der Waals surface area contributed by atoms with Crippen LogP contribution in [-0.2, 0) is 9.59 Å². The predicted molar refractivity (Wildman–Crippen MR) is 61.1 cm³/mol. The summed E-state index contributed by atoms with van der Waals surface area (Å²) in [6, 6.07) is 0. The first-order valence-electron chi connectivity index (χ1n) is 4.86. The SMILES string of the molecule is NC(=O)C1CC(=O)N(c2cnc(Cl)nc2N)C1. The van der Waals surface area contributed by atoms with Crippen LogP contribution in [0.4, 0.5) is 11.5 Å². The van der Waals surface area contributed by atoms with E-state index in [9.17, 15) is 9.59 Å². The Labute approximate surface area is 102 Å². The number of amides is 2. The van der Waals surface area contributed by atoms with E-state index in [0.717, 1.165) is 0 Å². The molecule has 1 aromatic rings. The van der Waals surface area contributed by atoms with Crippen molar-refractivity contribution in [3.63, 3.8) is 0 Å². The molecule has 1 unspecified atom stereocenters. The molecule has 7 nitrogen and oxygen atoms in total. The Morgan fingerprint density at radius 1 is 1.59 bits per heavy atom. The molecule has 2 amide bonds. The molecule has 1 atom stereocenters. The summed E-state index contributed by atoms with van der Waals surface area (Å²) in [4.78, 5) is 31.6. The zero-order valence-electron chi connectivity index (χ0n) is 8.76. The molecule has 90 valence electrons. The van der Waals surface area contributed by atoms with Crippen molar-refractivity contribution in [3.8, 4) is 0 Å². The van der Waals surface area contributed by atoms with E-state index in [1.54, 1.807) is 0 Å². The molecule has 0 radical (unpaired) electrons. The fourth-order valence-electron chi connectivity index (χ4n) is 1.71. The zero-order valence-corrected chi connectivity index (χ0v) is 9.52. The average molecular weight is 256 g/mol. The molecule has 2 heterocycles. The number of hydrogen-bond acceptors (Lipinski definition) is 5. The van der Waals surface area contributed by atoms with E-state index in [4.69, 9.17) is 23.1 Å². The summed E-state index contributed by atoms with van der Waals surface area (Å²) in [6.07, 6.45) is 1.43. The van der Waals surface area contributed by atoms with Gasteiger partial charge in [-0.2, -0.15) is 4.98 Å². The lowest BCUT2D eigenvalue weighted by Crippen LogP contribution is -2.29. The number of carbonyl (C=O) groups excluding carboxylic acids is 2. The summed E-state index contributed by atoms with van der Waals surface area (Å²) in [5, 5.41) is 0.00403. The van der Waals surface area contributed by atoms with Gasteiger partial charge in [-0.1, -0.05) is 0 Å². The van der Waals surface area contributed by atoms with Crippen LogP contribution in [0.15, 0.2) is 6.20 Å². The smallest absolute Gasteiger partial charge is 0.228 e. The highest BCUT2D eigenvalue weighted by atomic mass is 35.5. The van der Waals surface area contributed by atoms with Gasteiger partial charge in [0, 0.05) is 13.0 Å². The van der Waals surface area contributed by atoms with Crippen LogP contribution in [-0.4, -0.2) is 28.3 Å². The number of halogens is 1. The van der Waals surface area contributed by atoms with Crippen LogP contribution >= 0.6 is 11.6 Å². The van der Waals surface area contributed by atoms with Gasteiger partial charge in [0.2, 0.25) is 17.1 Å². The number of hydrogen-bond donors (Lipinski definition) is 2. The summed E-state index contributed by atoms with van der Waals surface area (Å²) in [5.74, 6) is -1.14. The number of nitrogens with two attached hydrogens (primary N) is 2. The number of nitrogen functional groups attached to an aromatic ring is 1. The Morgan fingerprint density at radius 3 is 2.82 bits per heavy atom. The molecule has 0 bridgehead atoms. The normalized spacial score (nSPS) is 19.7. The second-order valence-corrected chi connectivity index (χ2v) is 4.06. The fourth-order valence-corrected chi connectivity index (χ4v) is 1.84. The van der Waals surface area contributed by atoms with E-state index in [0.29, 0.717) is 5.69 Å². The summed E-state index contributed by atoms with van der Waals surface area (Å²) < 4.78 is 0. The number of aromatic nitrogens is 2. The molecule has 1 aromatic heterocycles. The van der Waals surface area contributed by atoms with Crippen molar-refractivity contribution in [2.24, 2.45) is 11.7 Å². The molecule has 4 N–H and O–H groups in total. The van der Waals surface area contributed by atoms with E-state index in [1.807, 2.05) is 0 Å². The van der Waals surface area contributed by atoms with Gasteiger partial charge >= 0.3 is 0 Å². The third-order valence-corrected chi connectivity index (χ3v) is 2.77. The highest BCUT2D eigenvalue weighted by Gasteiger charge is 2.35. The van der Waals surface area contributed by atoms with Crippen LogP contribution in [0.3, 0.4) is 0 Å². The Hall–Kier alpha value is -1.89. The van der Waals surface area contributed by atoms with Crippen LogP contribution in [0.5, 0.6) is 0 Å². The van der Waals surface area contributed by atoms with Crippen molar-refractivity contribution in [2.75, 3.05) is 17.2 Å². The molecular formula is C9H10ClN5O2. The maximum atomic E-state index is 11.7. The largest absolute Gasteiger partial charge is 0.382 e. The molecule has 8 heteroatoms. The lowest BCUT2D eigenvalue weighted by Gasteiger charge is -2.16. The molecule has 0 aromatic carbocycles. The van der Waals surface area contributed by atoms with Gasteiger partial charge in [-0.05, 0) is 11.6 Å². The fraction of sp³-hybridized carbons (Fsp3) is 0.333. The van der Waals surface area contributed by atoms with Gasteiger partial charge in [-0.25, -0.2) is 4.98 Å².